The zero-order valence-corrected chi connectivity index (χ0v) is 10.00. The molecule has 0 aromatic rings. The van der Waals surface area contributed by atoms with Gasteiger partial charge in [0.2, 0.25) is 0 Å². The van der Waals surface area contributed by atoms with Crippen LogP contribution in [0, 0.1) is 11.8 Å². The predicted octanol–water partition coefficient (Wildman–Crippen LogP) is 2.09. The SMILES string of the molecule is CCC1CCN(C(C)C(C)CN)CC1. The second-order valence-corrected chi connectivity index (χ2v) is 4.84. The summed E-state index contributed by atoms with van der Waals surface area (Å²) in [5, 5.41) is 0. The lowest BCUT2D eigenvalue weighted by atomic mass is 9.92. The first kappa shape index (κ1) is 12.0. The van der Waals surface area contributed by atoms with Crippen LogP contribution >= 0.6 is 0 Å². The molecule has 14 heavy (non-hydrogen) atoms. The van der Waals surface area contributed by atoms with E-state index in [9.17, 15) is 0 Å². The summed E-state index contributed by atoms with van der Waals surface area (Å²) in [6.07, 6.45) is 4.13. The Kier molecular flexibility index (Phi) is 4.90. The average molecular weight is 198 g/mol. The van der Waals surface area contributed by atoms with Crippen LogP contribution in [0.25, 0.3) is 0 Å². The van der Waals surface area contributed by atoms with Crippen molar-refractivity contribution in [2.75, 3.05) is 19.6 Å². The first-order chi connectivity index (χ1) is 6.69. The largest absolute Gasteiger partial charge is 0.330 e. The summed E-state index contributed by atoms with van der Waals surface area (Å²) < 4.78 is 0. The molecule has 0 bridgehead atoms. The minimum atomic E-state index is 0.633. The van der Waals surface area contributed by atoms with Crippen molar-refractivity contribution in [3.8, 4) is 0 Å². The topological polar surface area (TPSA) is 29.3 Å². The van der Waals surface area contributed by atoms with E-state index in [0.29, 0.717) is 12.0 Å². The molecule has 0 aromatic heterocycles. The Morgan fingerprint density at radius 2 is 1.86 bits per heavy atom. The van der Waals surface area contributed by atoms with Gasteiger partial charge in [0, 0.05) is 6.04 Å². The van der Waals surface area contributed by atoms with Crippen molar-refractivity contribution in [3.05, 3.63) is 0 Å². The van der Waals surface area contributed by atoms with E-state index in [2.05, 4.69) is 25.7 Å². The maximum atomic E-state index is 5.71. The third kappa shape index (κ3) is 2.96. The van der Waals surface area contributed by atoms with Gasteiger partial charge in [-0.05, 0) is 51.2 Å². The van der Waals surface area contributed by atoms with E-state index in [4.69, 9.17) is 5.73 Å². The highest BCUT2D eigenvalue weighted by Gasteiger charge is 2.24. The van der Waals surface area contributed by atoms with E-state index in [1.165, 1.54) is 32.4 Å². The van der Waals surface area contributed by atoms with Crippen molar-refractivity contribution in [1.82, 2.24) is 4.90 Å². The van der Waals surface area contributed by atoms with Gasteiger partial charge in [0.1, 0.15) is 0 Å². The van der Waals surface area contributed by atoms with Crippen molar-refractivity contribution in [3.63, 3.8) is 0 Å². The summed E-state index contributed by atoms with van der Waals surface area (Å²) in [4.78, 5) is 2.61. The molecule has 2 heteroatoms. The Morgan fingerprint density at radius 1 is 1.29 bits per heavy atom. The Labute approximate surface area is 88.8 Å². The van der Waals surface area contributed by atoms with Gasteiger partial charge >= 0.3 is 0 Å². The molecule has 1 aliphatic rings. The predicted molar refractivity (Wildman–Crippen MR) is 62.3 cm³/mol. The Bertz CT molecular complexity index is 150. The van der Waals surface area contributed by atoms with Crippen LogP contribution in [0.2, 0.25) is 0 Å². The van der Waals surface area contributed by atoms with E-state index in [1.54, 1.807) is 0 Å². The molecule has 2 N–H and O–H groups in total. The normalized spacial score (nSPS) is 24.9. The van der Waals surface area contributed by atoms with Gasteiger partial charge in [-0.25, -0.2) is 0 Å². The molecule has 84 valence electrons. The van der Waals surface area contributed by atoms with Gasteiger partial charge in [0.05, 0.1) is 0 Å². The van der Waals surface area contributed by atoms with Gasteiger partial charge in [-0.3, -0.25) is 0 Å². The van der Waals surface area contributed by atoms with Crippen LogP contribution in [0.3, 0.4) is 0 Å². The summed E-state index contributed by atoms with van der Waals surface area (Å²) in [6, 6.07) is 0.665. The van der Waals surface area contributed by atoms with Crippen molar-refractivity contribution in [2.45, 2.75) is 46.1 Å². The molecule has 2 atom stereocenters. The average Bonchev–Trinajstić information content (AvgIpc) is 2.27. The fourth-order valence-electron chi connectivity index (χ4n) is 2.33. The Morgan fingerprint density at radius 3 is 2.29 bits per heavy atom. The minimum Gasteiger partial charge on any atom is -0.330 e. The Hall–Kier alpha value is -0.0800. The molecule has 0 saturated carbocycles. The van der Waals surface area contributed by atoms with Crippen LogP contribution < -0.4 is 5.73 Å². The molecule has 1 heterocycles. The molecule has 2 nitrogen and oxygen atoms in total. The molecule has 1 aliphatic heterocycles. The summed E-state index contributed by atoms with van der Waals surface area (Å²) in [6.45, 7) is 10.3. The van der Waals surface area contributed by atoms with Gasteiger partial charge in [-0.15, -0.1) is 0 Å². The number of likely N-dealkylation sites (tertiary alicyclic amines) is 1. The second kappa shape index (κ2) is 5.72. The van der Waals surface area contributed by atoms with Gasteiger partial charge in [-0.1, -0.05) is 20.3 Å². The molecule has 0 aromatic carbocycles. The quantitative estimate of drug-likeness (QED) is 0.749. The maximum absolute atomic E-state index is 5.71. The monoisotopic (exact) mass is 198 g/mol. The highest BCUT2D eigenvalue weighted by atomic mass is 15.2. The summed E-state index contributed by atoms with van der Waals surface area (Å²) in [5.74, 6) is 1.61. The highest BCUT2D eigenvalue weighted by molar-refractivity contribution is 4.78. The van der Waals surface area contributed by atoms with Crippen LogP contribution in [0.15, 0.2) is 0 Å². The number of hydrogen-bond acceptors (Lipinski definition) is 2. The van der Waals surface area contributed by atoms with Crippen molar-refractivity contribution in [2.24, 2.45) is 17.6 Å². The standard InChI is InChI=1S/C12H26N2/c1-4-12-5-7-14(8-6-12)11(3)10(2)9-13/h10-12H,4-9,13H2,1-3H3. The van der Waals surface area contributed by atoms with E-state index in [0.717, 1.165) is 12.5 Å². The van der Waals surface area contributed by atoms with Crippen molar-refractivity contribution in [1.29, 1.82) is 0 Å². The molecule has 2 unspecified atom stereocenters. The minimum absolute atomic E-state index is 0.633. The van der Waals surface area contributed by atoms with E-state index in [-0.39, 0.29) is 0 Å². The fraction of sp³-hybridized carbons (Fsp3) is 1.00. The lowest BCUT2D eigenvalue weighted by molar-refractivity contribution is 0.110. The third-order valence-corrected chi connectivity index (χ3v) is 4.00. The number of hydrogen-bond donors (Lipinski definition) is 1. The van der Waals surface area contributed by atoms with Crippen LogP contribution in [-0.4, -0.2) is 30.6 Å². The molecule has 1 saturated heterocycles. The number of rotatable bonds is 4. The van der Waals surface area contributed by atoms with Gasteiger partial charge in [0.25, 0.3) is 0 Å². The lowest BCUT2D eigenvalue weighted by Crippen LogP contribution is -2.44. The zero-order chi connectivity index (χ0) is 10.6. The smallest absolute Gasteiger partial charge is 0.0105 e. The summed E-state index contributed by atoms with van der Waals surface area (Å²) >= 11 is 0. The van der Waals surface area contributed by atoms with E-state index >= 15 is 0 Å². The molecule has 0 amide bonds. The first-order valence-electron chi connectivity index (χ1n) is 6.13. The van der Waals surface area contributed by atoms with Gasteiger partial charge in [-0.2, -0.15) is 0 Å². The molecular formula is C12H26N2. The molecule has 0 radical (unpaired) electrons. The fourth-order valence-corrected chi connectivity index (χ4v) is 2.33. The van der Waals surface area contributed by atoms with Crippen molar-refractivity contribution < 1.29 is 0 Å². The van der Waals surface area contributed by atoms with Crippen LogP contribution in [0.5, 0.6) is 0 Å². The maximum Gasteiger partial charge on any atom is 0.0105 e. The van der Waals surface area contributed by atoms with Crippen LogP contribution in [-0.2, 0) is 0 Å². The molecule has 1 rings (SSSR count). The molecule has 1 fully saturated rings. The molecular weight excluding hydrogens is 172 g/mol. The van der Waals surface area contributed by atoms with E-state index < -0.39 is 0 Å². The first-order valence-corrected chi connectivity index (χ1v) is 6.13. The number of nitrogens with two attached hydrogens (primary N) is 1. The van der Waals surface area contributed by atoms with E-state index in [1.807, 2.05) is 0 Å². The van der Waals surface area contributed by atoms with Crippen molar-refractivity contribution >= 4 is 0 Å². The lowest BCUT2D eigenvalue weighted by Gasteiger charge is -2.38. The third-order valence-electron chi connectivity index (χ3n) is 4.00. The van der Waals surface area contributed by atoms with Crippen LogP contribution in [0.1, 0.15) is 40.0 Å². The summed E-state index contributed by atoms with van der Waals surface area (Å²) in [7, 11) is 0. The van der Waals surface area contributed by atoms with Gasteiger partial charge < -0.3 is 10.6 Å². The Balaban J connectivity index is 2.33. The number of nitrogens with zero attached hydrogens (tertiary/aromatic N) is 1. The summed E-state index contributed by atoms with van der Waals surface area (Å²) in [5.41, 5.74) is 5.71. The molecule has 0 aliphatic carbocycles. The molecule has 0 spiro atoms. The van der Waals surface area contributed by atoms with Crippen LogP contribution in [0.4, 0.5) is 0 Å². The highest BCUT2D eigenvalue weighted by Crippen LogP contribution is 2.23. The second-order valence-electron chi connectivity index (χ2n) is 4.84. The zero-order valence-electron chi connectivity index (χ0n) is 10.00. The number of piperidine rings is 1. The van der Waals surface area contributed by atoms with Gasteiger partial charge in [0.15, 0.2) is 0 Å².